The molecule has 1 saturated heterocycles. The Kier molecular flexibility index (Phi) is 5.49. The molecule has 0 radical (unpaired) electrons. The first-order chi connectivity index (χ1) is 15.7. The van der Waals surface area contributed by atoms with E-state index in [1.165, 1.54) is 0 Å². The molecule has 2 aromatic heterocycles. The fourth-order valence-corrected chi connectivity index (χ4v) is 4.16. The molecule has 2 aromatic carbocycles. The summed E-state index contributed by atoms with van der Waals surface area (Å²) >= 11 is 0. The lowest BCUT2D eigenvalue weighted by molar-refractivity contribution is 0.0629. The molecule has 0 bridgehead atoms. The number of aromatic nitrogens is 4. The highest BCUT2D eigenvalue weighted by Crippen LogP contribution is 2.26. The number of anilines is 1. The van der Waals surface area contributed by atoms with Crippen LogP contribution in [-0.4, -0.2) is 50.0 Å². The summed E-state index contributed by atoms with van der Waals surface area (Å²) in [6, 6.07) is 15.3. The van der Waals surface area contributed by atoms with E-state index in [0.717, 1.165) is 30.3 Å². The van der Waals surface area contributed by atoms with Crippen molar-refractivity contribution in [3.63, 3.8) is 0 Å². The van der Waals surface area contributed by atoms with Crippen LogP contribution in [0.5, 0.6) is 0 Å². The maximum atomic E-state index is 13.6. The molecule has 1 unspecified atom stereocenters. The molecule has 4 aromatic rings. The summed E-state index contributed by atoms with van der Waals surface area (Å²) in [6.45, 7) is 3.09. The Morgan fingerprint density at radius 3 is 2.75 bits per heavy atom. The van der Waals surface area contributed by atoms with E-state index >= 15 is 0 Å². The summed E-state index contributed by atoms with van der Waals surface area (Å²) in [5.74, 6) is 1.60. The molecule has 1 aliphatic heterocycles. The van der Waals surface area contributed by atoms with Crippen LogP contribution in [0.3, 0.4) is 0 Å². The number of carbonyl (C=O) groups excluding carboxylic acids is 1. The lowest BCUT2D eigenvalue weighted by Crippen LogP contribution is -2.47. The molecule has 162 valence electrons. The van der Waals surface area contributed by atoms with E-state index in [1.807, 2.05) is 53.4 Å². The number of nitrogens with one attached hydrogen (secondary N) is 1. The highest BCUT2D eigenvalue weighted by atomic mass is 16.5. The molecule has 1 atom stereocenters. The van der Waals surface area contributed by atoms with Crippen LogP contribution < -0.4 is 5.32 Å². The highest BCUT2D eigenvalue weighted by Gasteiger charge is 2.29. The minimum atomic E-state index is -0.0208. The summed E-state index contributed by atoms with van der Waals surface area (Å²) in [5.41, 5.74) is 2.95. The first-order valence-corrected chi connectivity index (χ1v) is 10.9. The van der Waals surface area contributed by atoms with Gasteiger partial charge in [0.05, 0.1) is 28.4 Å². The third-order valence-corrected chi connectivity index (χ3v) is 5.77. The molecule has 1 N–H and O–H groups in total. The van der Waals surface area contributed by atoms with Gasteiger partial charge >= 0.3 is 0 Å². The molecule has 32 heavy (non-hydrogen) atoms. The van der Waals surface area contributed by atoms with Crippen molar-refractivity contribution in [3.05, 3.63) is 66.1 Å². The number of likely N-dealkylation sites (tertiary alicyclic amines) is 1. The fraction of sp³-hybridized carbons (Fsp3) is 0.292. The van der Waals surface area contributed by atoms with Crippen LogP contribution in [0.4, 0.5) is 5.82 Å². The molecule has 8 nitrogen and oxygen atoms in total. The number of aryl methyl sites for hydroxylation is 1. The third-order valence-electron chi connectivity index (χ3n) is 5.77. The second-order valence-electron chi connectivity index (χ2n) is 7.97. The molecule has 5 rings (SSSR count). The summed E-state index contributed by atoms with van der Waals surface area (Å²) in [6.07, 6.45) is 4.75. The lowest BCUT2D eigenvalue weighted by atomic mass is 9.99. The Hall–Kier alpha value is -3.81. The van der Waals surface area contributed by atoms with E-state index < -0.39 is 0 Å². The van der Waals surface area contributed by atoms with E-state index in [4.69, 9.17) is 4.52 Å². The minimum absolute atomic E-state index is 0.0208. The maximum absolute atomic E-state index is 13.6. The molecule has 0 aliphatic carbocycles. The average Bonchev–Trinajstić information content (AvgIpc) is 3.28. The van der Waals surface area contributed by atoms with Crippen molar-refractivity contribution in [1.29, 1.82) is 0 Å². The van der Waals surface area contributed by atoms with Gasteiger partial charge in [0, 0.05) is 19.1 Å². The van der Waals surface area contributed by atoms with Crippen LogP contribution in [0.2, 0.25) is 0 Å². The molecule has 8 heteroatoms. The van der Waals surface area contributed by atoms with Gasteiger partial charge in [-0.05, 0) is 50.5 Å². The molecule has 1 amide bonds. The van der Waals surface area contributed by atoms with Crippen LogP contribution >= 0.6 is 0 Å². The first kappa shape index (κ1) is 20.1. The fourth-order valence-electron chi connectivity index (χ4n) is 4.16. The summed E-state index contributed by atoms with van der Waals surface area (Å²) < 4.78 is 5.34. The summed E-state index contributed by atoms with van der Waals surface area (Å²) in [7, 11) is 0. The van der Waals surface area contributed by atoms with Gasteiger partial charge in [-0.3, -0.25) is 9.78 Å². The predicted octanol–water partition coefficient (Wildman–Crippen LogP) is 4.10. The number of benzene rings is 2. The van der Waals surface area contributed by atoms with Crippen molar-refractivity contribution >= 4 is 22.8 Å². The maximum Gasteiger partial charge on any atom is 0.258 e. The third kappa shape index (κ3) is 4.03. The van der Waals surface area contributed by atoms with Gasteiger partial charge in [-0.25, -0.2) is 4.98 Å². The SMILES string of the molecule is Cc1noc(-c2ccccc2C(=O)N2CCCCC2CNc2cnc3ccccc3n2)n1. The largest absolute Gasteiger partial charge is 0.367 e. The number of amides is 1. The Morgan fingerprint density at radius 1 is 1.09 bits per heavy atom. The number of carbonyl (C=O) groups is 1. The van der Waals surface area contributed by atoms with Gasteiger partial charge in [0.2, 0.25) is 0 Å². The second kappa shape index (κ2) is 8.74. The number of hydrogen-bond donors (Lipinski definition) is 1. The number of piperidine rings is 1. The zero-order valence-corrected chi connectivity index (χ0v) is 17.9. The van der Waals surface area contributed by atoms with Crippen LogP contribution in [-0.2, 0) is 0 Å². The van der Waals surface area contributed by atoms with Gasteiger partial charge in [-0.2, -0.15) is 4.98 Å². The number of fused-ring (bicyclic) bond motifs is 1. The monoisotopic (exact) mass is 428 g/mol. The van der Waals surface area contributed by atoms with Crippen molar-refractivity contribution in [1.82, 2.24) is 25.0 Å². The summed E-state index contributed by atoms with van der Waals surface area (Å²) in [4.78, 5) is 28.9. The zero-order valence-electron chi connectivity index (χ0n) is 17.9. The molecule has 0 spiro atoms. The highest BCUT2D eigenvalue weighted by molar-refractivity contribution is 6.00. The van der Waals surface area contributed by atoms with Crippen molar-refractivity contribution in [2.24, 2.45) is 0 Å². The normalized spacial score (nSPS) is 16.3. The number of rotatable bonds is 5. The first-order valence-electron chi connectivity index (χ1n) is 10.9. The molecular formula is C24H24N6O2. The van der Waals surface area contributed by atoms with Gasteiger partial charge in [-0.15, -0.1) is 0 Å². The van der Waals surface area contributed by atoms with Crippen LogP contribution in [0.15, 0.2) is 59.3 Å². The van der Waals surface area contributed by atoms with Gasteiger partial charge in [0.15, 0.2) is 5.82 Å². The predicted molar refractivity (Wildman–Crippen MR) is 121 cm³/mol. The van der Waals surface area contributed by atoms with Crippen molar-refractivity contribution in [2.45, 2.75) is 32.2 Å². The Morgan fingerprint density at radius 2 is 1.91 bits per heavy atom. The van der Waals surface area contributed by atoms with Gasteiger partial charge in [-0.1, -0.05) is 29.4 Å². The zero-order chi connectivity index (χ0) is 21.9. The lowest BCUT2D eigenvalue weighted by Gasteiger charge is -2.36. The van der Waals surface area contributed by atoms with Crippen LogP contribution in [0.25, 0.3) is 22.5 Å². The Labute approximate surface area is 185 Å². The van der Waals surface area contributed by atoms with Gasteiger partial charge < -0.3 is 14.7 Å². The van der Waals surface area contributed by atoms with Crippen molar-refractivity contribution in [2.75, 3.05) is 18.4 Å². The average molecular weight is 428 g/mol. The van der Waals surface area contributed by atoms with Crippen molar-refractivity contribution < 1.29 is 9.32 Å². The van der Waals surface area contributed by atoms with E-state index in [2.05, 4.69) is 25.4 Å². The van der Waals surface area contributed by atoms with Crippen molar-refractivity contribution in [3.8, 4) is 11.5 Å². The molecule has 3 heterocycles. The van der Waals surface area contributed by atoms with E-state index in [-0.39, 0.29) is 11.9 Å². The molecular weight excluding hydrogens is 404 g/mol. The number of para-hydroxylation sites is 2. The van der Waals surface area contributed by atoms with E-state index in [0.29, 0.717) is 41.7 Å². The van der Waals surface area contributed by atoms with Gasteiger partial charge in [0.1, 0.15) is 5.82 Å². The Bertz CT molecular complexity index is 1250. The second-order valence-corrected chi connectivity index (χ2v) is 7.97. The molecule has 1 aliphatic rings. The van der Waals surface area contributed by atoms with E-state index in [1.54, 1.807) is 13.1 Å². The minimum Gasteiger partial charge on any atom is -0.367 e. The quantitative estimate of drug-likeness (QED) is 0.511. The molecule has 1 fully saturated rings. The summed E-state index contributed by atoms with van der Waals surface area (Å²) in [5, 5.41) is 7.26. The number of nitrogens with zero attached hydrogens (tertiary/aromatic N) is 5. The molecule has 0 saturated carbocycles. The Balaban J connectivity index is 1.36. The smallest absolute Gasteiger partial charge is 0.258 e. The van der Waals surface area contributed by atoms with Crippen LogP contribution in [0.1, 0.15) is 35.4 Å². The van der Waals surface area contributed by atoms with E-state index in [9.17, 15) is 4.79 Å². The number of hydrogen-bond acceptors (Lipinski definition) is 7. The van der Waals surface area contributed by atoms with Gasteiger partial charge in [0.25, 0.3) is 11.8 Å². The topological polar surface area (TPSA) is 97.0 Å². The standard InChI is InChI=1S/C24H24N6O2/c1-16-27-23(32-29-16)18-9-2-3-10-19(18)24(31)30-13-7-6-8-17(30)14-26-22-15-25-20-11-4-5-12-21(20)28-22/h2-5,9-12,15,17H,6-8,13-14H2,1H3,(H,26,28). The van der Waals surface area contributed by atoms with Crippen LogP contribution in [0, 0.1) is 6.92 Å².